The van der Waals surface area contributed by atoms with Crippen LogP contribution in [-0.2, 0) is 0 Å². The van der Waals surface area contributed by atoms with Crippen molar-refractivity contribution in [3.05, 3.63) is 29.3 Å². The molecule has 0 saturated carbocycles. The Morgan fingerprint density at radius 2 is 2.24 bits per heavy atom. The van der Waals surface area contributed by atoms with Gasteiger partial charge in [0, 0.05) is 6.54 Å². The molecule has 17 heavy (non-hydrogen) atoms. The Kier molecular flexibility index (Phi) is 5.31. The molecule has 0 fully saturated rings. The highest BCUT2D eigenvalue weighted by Gasteiger charge is 2.12. The third-order valence-electron chi connectivity index (χ3n) is 2.16. The first-order chi connectivity index (χ1) is 8.19. The van der Waals surface area contributed by atoms with E-state index < -0.39 is 0 Å². The first-order valence-electron chi connectivity index (χ1n) is 5.36. The van der Waals surface area contributed by atoms with E-state index in [9.17, 15) is 4.79 Å². The average molecular weight is 252 g/mol. The van der Waals surface area contributed by atoms with Crippen LogP contribution in [0.4, 0.5) is 10.5 Å². The largest absolute Gasteiger partial charge is 0.322 e. The molecule has 0 unspecified atom stereocenters. The van der Waals surface area contributed by atoms with Crippen LogP contribution in [0.3, 0.4) is 0 Å². The van der Waals surface area contributed by atoms with Crippen LogP contribution in [0.1, 0.15) is 13.3 Å². The lowest BCUT2D eigenvalue weighted by molar-refractivity contribution is 0.218. The summed E-state index contributed by atoms with van der Waals surface area (Å²) in [7, 11) is 0. The van der Waals surface area contributed by atoms with E-state index in [-0.39, 0.29) is 12.6 Å². The van der Waals surface area contributed by atoms with Crippen molar-refractivity contribution in [2.45, 2.75) is 13.3 Å². The summed E-state index contributed by atoms with van der Waals surface area (Å²) in [6.45, 7) is 2.57. The van der Waals surface area contributed by atoms with Gasteiger partial charge in [0.05, 0.1) is 16.8 Å². The number of nitrogens with one attached hydrogen (secondary N) is 1. The van der Waals surface area contributed by atoms with Gasteiger partial charge in [-0.15, -0.1) is 0 Å². The van der Waals surface area contributed by atoms with Crippen LogP contribution in [0.2, 0.25) is 5.02 Å². The Morgan fingerprint density at radius 3 is 2.82 bits per heavy atom. The monoisotopic (exact) mass is 251 g/mol. The molecule has 1 N–H and O–H groups in total. The van der Waals surface area contributed by atoms with E-state index in [1.807, 2.05) is 13.0 Å². The van der Waals surface area contributed by atoms with Gasteiger partial charge in [0.25, 0.3) is 0 Å². The van der Waals surface area contributed by atoms with Crippen LogP contribution in [0.15, 0.2) is 24.3 Å². The first-order valence-corrected chi connectivity index (χ1v) is 5.74. The molecule has 0 aliphatic carbocycles. The van der Waals surface area contributed by atoms with E-state index in [1.165, 1.54) is 4.90 Å². The molecule has 0 saturated heterocycles. The summed E-state index contributed by atoms with van der Waals surface area (Å²) in [5, 5.41) is 11.8. The van der Waals surface area contributed by atoms with Crippen LogP contribution >= 0.6 is 11.6 Å². The van der Waals surface area contributed by atoms with Gasteiger partial charge in [-0.1, -0.05) is 30.7 Å². The van der Waals surface area contributed by atoms with Crippen molar-refractivity contribution in [1.29, 1.82) is 5.26 Å². The minimum atomic E-state index is -0.304. The van der Waals surface area contributed by atoms with E-state index in [2.05, 4.69) is 5.32 Å². The van der Waals surface area contributed by atoms with E-state index in [0.29, 0.717) is 17.3 Å². The summed E-state index contributed by atoms with van der Waals surface area (Å²) in [4.78, 5) is 13.3. The van der Waals surface area contributed by atoms with E-state index >= 15 is 0 Å². The van der Waals surface area contributed by atoms with Gasteiger partial charge in [0.15, 0.2) is 0 Å². The van der Waals surface area contributed by atoms with Crippen molar-refractivity contribution in [3.8, 4) is 6.07 Å². The van der Waals surface area contributed by atoms with Crippen LogP contribution in [0.5, 0.6) is 0 Å². The van der Waals surface area contributed by atoms with Crippen LogP contribution in [0, 0.1) is 11.3 Å². The summed E-state index contributed by atoms with van der Waals surface area (Å²) in [5.41, 5.74) is 0.554. The molecule has 0 aliphatic heterocycles. The zero-order chi connectivity index (χ0) is 12.7. The number of anilines is 1. The third kappa shape index (κ3) is 3.97. The van der Waals surface area contributed by atoms with Gasteiger partial charge in [-0.05, 0) is 18.6 Å². The fourth-order valence-corrected chi connectivity index (χ4v) is 1.55. The Balaban J connectivity index is 2.70. The van der Waals surface area contributed by atoms with Gasteiger partial charge < -0.3 is 10.2 Å². The summed E-state index contributed by atoms with van der Waals surface area (Å²) in [5.74, 6) is 0. The Bertz CT molecular complexity index is 428. The topological polar surface area (TPSA) is 56.1 Å². The maximum absolute atomic E-state index is 11.8. The lowest BCUT2D eigenvalue weighted by atomic mass is 10.3. The summed E-state index contributed by atoms with van der Waals surface area (Å²) in [6.07, 6.45) is 0.803. The van der Waals surface area contributed by atoms with E-state index in [1.54, 1.807) is 24.3 Å². The number of urea groups is 1. The highest BCUT2D eigenvalue weighted by molar-refractivity contribution is 6.33. The van der Waals surface area contributed by atoms with Gasteiger partial charge in [0.1, 0.15) is 6.54 Å². The fourth-order valence-electron chi connectivity index (χ4n) is 1.36. The number of benzene rings is 1. The number of para-hydroxylation sites is 1. The molecule has 0 aliphatic rings. The Hall–Kier alpha value is -1.73. The van der Waals surface area contributed by atoms with Crippen molar-refractivity contribution in [3.63, 3.8) is 0 Å². The molecule has 0 aromatic heterocycles. The number of nitriles is 1. The first kappa shape index (κ1) is 13.3. The molecule has 5 heteroatoms. The summed E-state index contributed by atoms with van der Waals surface area (Å²) >= 11 is 5.93. The van der Waals surface area contributed by atoms with Crippen molar-refractivity contribution < 1.29 is 4.79 Å². The zero-order valence-electron chi connectivity index (χ0n) is 9.61. The molecule has 90 valence electrons. The highest BCUT2D eigenvalue weighted by atomic mass is 35.5. The predicted octanol–water partition coefficient (Wildman–Crippen LogP) is 3.11. The number of halogens is 1. The Morgan fingerprint density at radius 1 is 1.53 bits per heavy atom. The van der Waals surface area contributed by atoms with Crippen LogP contribution < -0.4 is 5.32 Å². The second-order valence-corrected chi connectivity index (χ2v) is 3.90. The predicted molar refractivity (Wildman–Crippen MR) is 67.9 cm³/mol. The highest BCUT2D eigenvalue weighted by Crippen LogP contribution is 2.20. The van der Waals surface area contributed by atoms with Crippen molar-refractivity contribution in [2.24, 2.45) is 0 Å². The van der Waals surface area contributed by atoms with Gasteiger partial charge in [-0.2, -0.15) is 5.26 Å². The molecule has 0 spiro atoms. The molecule has 1 aromatic rings. The van der Waals surface area contributed by atoms with Gasteiger partial charge in [-0.25, -0.2) is 4.79 Å². The number of nitrogens with zero attached hydrogens (tertiary/aromatic N) is 2. The van der Waals surface area contributed by atoms with Gasteiger partial charge >= 0.3 is 6.03 Å². The minimum absolute atomic E-state index is 0.0735. The number of carbonyl (C=O) groups excluding carboxylic acids is 1. The number of hydrogen-bond acceptors (Lipinski definition) is 2. The SMILES string of the molecule is CCCN(CC#N)C(=O)Nc1ccccc1Cl. The summed E-state index contributed by atoms with van der Waals surface area (Å²) in [6, 6.07) is 8.66. The normalized spacial score (nSPS) is 9.47. The third-order valence-corrected chi connectivity index (χ3v) is 2.49. The molecule has 0 radical (unpaired) electrons. The smallest absolute Gasteiger partial charge is 0.311 e. The molecular weight excluding hydrogens is 238 g/mol. The van der Waals surface area contributed by atoms with Crippen molar-refractivity contribution in [1.82, 2.24) is 4.90 Å². The van der Waals surface area contributed by atoms with Gasteiger partial charge in [-0.3, -0.25) is 0 Å². The molecule has 0 atom stereocenters. The van der Waals surface area contributed by atoms with Crippen LogP contribution in [-0.4, -0.2) is 24.0 Å². The number of carbonyl (C=O) groups is 1. The molecule has 2 amide bonds. The standard InChI is InChI=1S/C12H14ClN3O/c1-2-8-16(9-7-14)12(17)15-11-6-4-3-5-10(11)13/h3-6H,2,8-9H2,1H3,(H,15,17). The van der Waals surface area contributed by atoms with Crippen molar-refractivity contribution in [2.75, 3.05) is 18.4 Å². The Labute approximate surface area is 106 Å². The number of amides is 2. The number of hydrogen-bond donors (Lipinski definition) is 1. The van der Waals surface area contributed by atoms with Crippen molar-refractivity contribution >= 4 is 23.3 Å². The maximum Gasteiger partial charge on any atom is 0.322 e. The molecule has 1 rings (SSSR count). The second-order valence-electron chi connectivity index (χ2n) is 3.49. The molecule has 4 nitrogen and oxygen atoms in total. The molecule has 1 aromatic carbocycles. The fraction of sp³-hybridized carbons (Fsp3) is 0.333. The minimum Gasteiger partial charge on any atom is -0.311 e. The lowest BCUT2D eigenvalue weighted by Crippen LogP contribution is -2.35. The zero-order valence-corrected chi connectivity index (χ0v) is 10.4. The molecular formula is C12H14ClN3O. The quantitative estimate of drug-likeness (QED) is 0.836. The maximum atomic E-state index is 11.8. The second kappa shape index (κ2) is 6.77. The van der Waals surface area contributed by atoms with Crippen LogP contribution in [0.25, 0.3) is 0 Å². The van der Waals surface area contributed by atoms with E-state index in [0.717, 1.165) is 6.42 Å². The lowest BCUT2D eigenvalue weighted by Gasteiger charge is -2.19. The molecule has 0 heterocycles. The summed E-state index contributed by atoms with van der Waals surface area (Å²) < 4.78 is 0. The van der Waals surface area contributed by atoms with Gasteiger partial charge in [0.2, 0.25) is 0 Å². The molecule has 0 bridgehead atoms. The average Bonchev–Trinajstić information content (AvgIpc) is 2.32. The number of rotatable bonds is 4. The van der Waals surface area contributed by atoms with E-state index in [4.69, 9.17) is 16.9 Å².